The fourth-order valence-corrected chi connectivity index (χ4v) is 1.52. The normalized spacial score (nSPS) is 10.3. The zero-order valence-electron chi connectivity index (χ0n) is 10.8. The Balaban J connectivity index is 2.23. The molecule has 5 nitrogen and oxygen atoms in total. The minimum Gasteiger partial charge on any atom is -0.385 e. The number of nitrogens with one attached hydrogen (secondary N) is 1. The average Bonchev–Trinajstić information content (AvgIpc) is 2.42. The summed E-state index contributed by atoms with van der Waals surface area (Å²) in [5.41, 5.74) is 6.82. The first-order chi connectivity index (χ1) is 8.77. The zero-order chi connectivity index (χ0) is 13.2. The topological polar surface area (TPSA) is 77.2 Å². The van der Waals surface area contributed by atoms with Crippen LogP contribution in [-0.2, 0) is 11.3 Å². The summed E-state index contributed by atoms with van der Waals surface area (Å²) in [5, 5.41) is 2.84. The van der Waals surface area contributed by atoms with Crippen molar-refractivity contribution in [3.63, 3.8) is 0 Å². The predicted octanol–water partition coefficient (Wildman–Crippen LogP) is 1.09. The van der Waals surface area contributed by atoms with Crippen LogP contribution in [-0.4, -0.2) is 31.2 Å². The van der Waals surface area contributed by atoms with Crippen LogP contribution in [0.5, 0.6) is 0 Å². The third-order valence-corrected chi connectivity index (χ3v) is 2.60. The number of rotatable bonds is 8. The van der Waals surface area contributed by atoms with Gasteiger partial charge in [-0.3, -0.25) is 9.78 Å². The minimum absolute atomic E-state index is 0.134. The van der Waals surface area contributed by atoms with Crippen LogP contribution in [0.15, 0.2) is 18.3 Å². The molecule has 0 radical (unpaired) electrons. The number of ether oxygens (including phenoxy) is 1. The second-order valence-electron chi connectivity index (χ2n) is 4.07. The standard InChI is InChI=1S/C13H21N3O2/c1-18-8-4-2-3-7-15-13(17)12-6-5-11(9-14)10-16-12/h5-6,10H,2-4,7-9,14H2,1H3,(H,15,17). The van der Waals surface area contributed by atoms with Gasteiger partial charge in [-0.25, -0.2) is 0 Å². The van der Waals surface area contributed by atoms with Crippen molar-refractivity contribution in [3.05, 3.63) is 29.6 Å². The van der Waals surface area contributed by atoms with Crippen LogP contribution in [0.1, 0.15) is 35.3 Å². The lowest BCUT2D eigenvalue weighted by Crippen LogP contribution is -2.25. The molecule has 1 aromatic rings. The highest BCUT2D eigenvalue weighted by molar-refractivity contribution is 5.92. The maximum Gasteiger partial charge on any atom is 0.269 e. The number of nitrogens with zero attached hydrogens (tertiary/aromatic N) is 1. The molecular formula is C13H21N3O2. The van der Waals surface area contributed by atoms with E-state index in [1.807, 2.05) is 6.07 Å². The molecule has 0 unspecified atom stereocenters. The number of methoxy groups -OCH3 is 1. The minimum atomic E-state index is -0.134. The van der Waals surface area contributed by atoms with Crippen molar-refractivity contribution in [2.24, 2.45) is 5.73 Å². The van der Waals surface area contributed by atoms with Gasteiger partial charge in [0.05, 0.1) is 0 Å². The summed E-state index contributed by atoms with van der Waals surface area (Å²) in [6, 6.07) is 3.52. The first kappa shape index (κ1) is 14.6. The second kappa shape index (κ2) is 8.60. The van der Waals surface area contributed by atoms with Gasteiger partial charge in [-0.2, -0.15) is 0 Å². The number of pyridine rings is 1. The van der Waals surface area contributed by atoms with Gasteiger partial charge in [0.15, 0.2) is 0 Å². The lowest BCUT2D eigenvalue weighted by molar-refractivity contribution is 0.0947. The molecule has 0 aliphatic heterocycles. The highest BCUT2D eigenvalue weighted by Gasteiger charge is 2.05. The summed E-state index contributed by atoms with van der Waals surface area (Å²) in [6.45, 7) is 1.88. The number of nitrogens with two attached hydrogens (primary N) is 1. The van der Waals surface area contributed by atoms with Crippen molar-refractivity contribution >= 4 is 5.91 Å². The van der Waals surface area contributed by atoms with E-state index in [0.717, 1.165) is 31.4 Å². The van der Waals surface area contributed by atoms with Crippen molar-refractivity contribution in [2.45, 2.75) is 25.8 Å². The number of hydrogen-bond donors (Lipinski definition) is 2. The Labute approximate surface area is 108 Å². The van der Waals surface area contributed by atoms with E-state index in [0.29, 0.717) is 18.8 Å². The number of carbonyl (C=O) groups is 1. The molecule has 0 aliphatic carbocycles. The van der Waals surface area contributed by atoms with Crippen molar-refractivity contribution in [1.82, 2.24) is 10.3 Å². The quantitative estimate of drug-likeness (QED) is 0.678. The first-order valence-corrected chi connectivity index (χ1v) is 6.20. The largest absolute Gasteiger partial charge is 0.385 e. The van der Waals surface area contributed by atoms with Crippen LogP contribution in [0.4, 0.5) is 0 Å². The van der Waals surface area contributed by atoms with E-state index < -0.39 is 0 Å². The summed E-state index contributed by atoms with van der Waals surface area (Å²) in [4.78, 5) is 15.8. The Hall–Kier alpha value is -1.46. The molecule has 100 valence electrons. The van der Waals surface area contributed by atoms with Gasteiger partial charge in [0.1, 0.15) is 5.69 Å². The summed E-state index contributed by atoms with van der Waals surface area (Å²) < 4.78 is 4.95. The third kappa shape index (κ3) is 5.25. The van der Waals surface area contributed by atoms with E-state index in [2.05, 4.69) is 10.3 Å². The molecule has 5 heteroatoms. The molecule has 1 aromatic heterocycles. The molecule has 0 bridgehead atoms. The Morgan fingerprint density at radius 2 is 2.22 bits per heavy atom. The third-order valence-electron chi connectivity index (χ3n) is 2.60. The van der Waals surface area contributed by atoms with Gasteiger partial charge < -0.3 is 15.8 Å². The number of unbranched alkanes of at least 4 members (excludes halogenated alkanes) is 2. The van der Waals surface area contributed by atoms with Gasteiger partial charge in [-0.05, 0) is 30.9 Å². The molecule has 0 atom stereocenters. The van der Waals surface area contributed by atoms with Crippen LogP contribution in [0.3, 0.4) is 0 Å². The van der Waals surface area contributed by atoms with Gasteiger partial charge in [-0.1, -0.05) is 6.07 Å². The van der Waals surface area contributed by atoms with E-state index in [4.69, 9.17) is 10.5 Å². The maximum absolute atomic E-state index is 11.7. The van der Waals surface area contributed by atoms with Crippen LogP contribution in [0.25, 0.3) is 0 Å². The van der Waals surface area contributed by atoms with E-state index >= 15 is 0 Å². The highest BCUT2D eigenvalue weighted by atomic mass is 16.5. The summed E-state index contributed by atoms with van der Waals surface area (Å²) in [5.74, 6) is -0.134. The molecule has 0 saturated heterocycles. The molecule has 1 amide bonds. The van der Waals surface area contributed by atoms with Crippen molar-refractivity contribution in [1.29, 1.82) is 0 Å². The highest BCUT2D eigenvalue weighted by Crippen LogP contribution is 2.00. The summed E-state index contributed by atoms with van der Waals surface area (Å²) >= 11 is 0. The monoisotopic (exact) mass is 251 g/mol. The summed E-state index contributed by atoms with van der Waals surface area (Å²) in [7, 11) is 1.69. The number of aromatic nitrogens is 1. The molecule has 0 aromatic carbocycles. The smallest absolute Gasteiger partial charge is 0.269 e. The van der Waals surface area contributed by atoms with Gasteiger partial charge >= 0.3 is 0 Å². The van der Waals surface area contributed by atoms with Gasteiger partial charge in [-0.15, -0.1) is 0 Å². The predicted molar refractivity (Wildman–Crippen MR) is 70.2 cm³/mol. The van der Waals surface area contributed by atoms with Gasteiger partial charge in [0, 0.05) is 33.0 Å². The molecule has 1 heterocycles. The fraction of sp³-hybridized carbons (Fsp3) is 0.538. The van der Waals surface area contributed by atoms with E-state index in [-0.39, 0.29) is 5.91 Å². The Bertz CT molecular complexity index is 352. The molecule has 3 N–H and O–H groups in total. The fourth-order valence-electron chi connectivity index (χ4n) is 1.52. The Kier molecular flexibility index (Phi) is 6.98. The molecule has 0 saturated carbocycles. The Morgan fingerprint density at radius 3 is 2.83 bits per heavy atom. The van der Waals surface area contributed by atoms with Crippen LogP contribution >= 0.6 is 0 Å². The van der Waals surface area contributed by atoms with Gasteiger partial charge in [0.2, 0.25) is 0 Å². The lowest BCUT2D eigenvalue weighted by Gasteiger charge is -2.05. The van der Waals surface area contributed by atoms with Crippen molar-refractivity contribution < 1.29 is 9.53 Å². The molecule has 0 fully saturated rings. The molecule has 18 heavy (non-hydrogen) atoms. The number of carbonyl (C=O) groups excluding carboxylic acids is 1. The SMILES string of the molecule is COCCCCCNC(=O)c1ccc(CN)cn1. The number of amides is 1. The maximum atomic E-state index is 11.7. The van der Waals surface area contributed by atoms with Crippen LogP contribution in [0, 0.1) is 0 Å². The molecular weight excluding hydrogens is 230 g/mol. The number of hydrogen-bond acceptors (Lipinski definition) is 4. The summed E-state index contributed by atoms with van der Waals surface area (Å²) in [6.07, 6.45) is 4.66. The Morgan fingerprint density at radius 1 is 1.39 bits per heavy atom. The van der Waals surface area contributed by atoms with Crippen molar-refractivity contribution in [3.8, 4) is 0 Å². The second-order valence-corrected chi connectivity index (χ2v) is 4.07. The van der Waals surface area contributed by atoms with Gasteiger partial charge in [0.25, 0.3) is 5.91 Å². The van der Waals surface area contributed by atoms with Crippen LogP contribution < -0.4 is 11.1 Å². The van der Waals surface area contributed by atoms with Crippen molar-refractivity contribution in [2.75, 3.05) is 20.3 Å². The van der Waals surface area contributed by atoms with E-state index in [1.54, 1.807) is 19.4 Å². The molecule has 0 spiro atoms. The molecule has 1 rings (SSSR count). The van der Waals surface area contributed by atoms with E-state index in [9.17, 15) is 4.79 Å². The van der Waals surface area contributed by atoms with Crippen LogP contribution in [0.2, 0.25) is 0 Å². The average molecular weight is 251 g/mol. The molecule has 0 aliphatic rings. The first-order valence-electron chi connectivity index (χ1n) is 6.20. The zero-order valence-corrected chi connectivity index (χ0v) is 10.8. The lowest BCUT2D eigenvalue weighted by atomic mass is 10.2. The van der Waals surface area contributed by atoms with E-state index in [1.165, 1.54) is 0 Å².